The van der Waals surface area contributed by atoms with Crippen LogP contribution in [0.25, 0.3) is 11.0 Å². The smallest absolute Gasteiger partial charge is 0.201 e. The summed E-state index contributed by atoms with van der Waals surface area (Å²) in [6, 6.07) is 3.19. The minimum Gasteiger partial charge on any atom is -0.494 e. The third kappa shape index (κ3) is 2.95. The zero-order valence-electron chi connectivity index (χ0n) is 13.2. The fourth-order valence-corrected chi connectivity index (χ4v) is 2.59. The number of nitrogens with zero attached hydrogens (tertiary/aromatic N) is 3. The van der Waals surface area contributed by atoms with Crippen molar-refractivity contribution < 1.29 is 9.13 Å². The highest BCUT2D eigenvalue weighted by Crippen LogP contribution is 2.31. The molecule has 0 spiro atoms. The average Bonchev–Trinajstić information content (AvgIpc) is 2.69. The first kappa shape index (κ1) is 15.6. The molecule has 0 amide bonds. The monoisotopic (exact) mass is 294 g/mol. The number of anilines is 1. The number of hydrogen-bond acceptors (Lipinski definition) is 4. The number of fused-ring (bicyclic) bond motifs is 1. The Bertz CT molecular complexity index is 636. The van der Waals surface area contributed by atoms with Crippen molar-refractivity contribution in [3.05, 3.63) is 17.9 Å². The Balaban J connectivity index is 2.63. The van der Waals surface area contributed by atoms with Gasteiger partial charge >= 0.3 is 0 Å². The van der Waals surface area contributed by atoms with Gasteiger partial charge in [0, 0.05) is 18.7 Å². The third-order valence-corrected chi connectivity index (χ3v) is 3.64. The number of rotatable bonds is 5. The predicted molar refractivity (Wildman–Crippen MR) is 83.1 cm³/mol. The standard InChI is InChI=1S/C15H23FN4O/c1-9(2)13(8-19(3)4)20-12-7-14(21-5)10(16)6-11(12)18-15(20)17/h6-7,9,13H,8H2,1-5H3,(H2,17,18). The van der Waals surface area contributed by atoms with E-state index in [1.165, 1.54) is 13.2 Å². The highest BCUT2D eigenvalue weighted by atomic mass is 19.1. The van der Waals surface area contributed by atoms with Crippen LogP contribution >= 0.6 is 0 Å². The normalized spacial score (nSPS) is 13.3. The number of benzene rings is 1. The number of methoxy groups -OCH3 is 1. The van der Waals surface area contributed by atoms with Crippen LogP contribution < -0.4 is 10.5 Å². The van der Waals surface area contributed by atoms with Crippen LogP contribution in [-0.4, -0.2) is 42.2 Å². The first-order chi connectivity index (χ1) is 9.85. The predicted octanol–water partition coefficient (Wildman–Crippen LogP) is 2.52. The summed E-state index contributed by atoms with van der Waals surface area (Å²) in [6.45, 7) is 5.10. The number of imidazole rings is 1. The first-order valence-corrected chi connectivity index (χ1v) is 7.00. The maximum atomic E-state index is 13.8. The van der Waals surface area contributed by atoms with Gasteiger partial charge in [0.25, 0.3) is 0 Å². The zero-order chi connectivity index (χ0) is 15.7. The lowest BCUT2D eigenvalue weighted by molar-refractivity contribution is 0.275. The van der Waals surface area contributed by atoms with E-state index >= 15 is 0 Å². The number of hydrogen-bond donors (Lipinski definition) is 1. The molecule has 0 fully saturated rings. The van der Waals surface area contributed by atoms with Crippen molar-refractivity contribution in [2.24, 2.45) is 5.92 Å². The molecule has 0 aliphatic rings. The van der Waals surface area contributed by atoms with Crippen molar-refractivity contribution in [1.82, 2.24) is 14.5 Å². The van der Waals surface area contributed by atoms with Crippen LogP contribution in [0.15, 0.2) is 12.1 Å². The Morgan fingerprint density at radius 3 is 2.57 bits per heavy atom. The molecule has 21 heavy (non-hydrogen) atoms. The second-order valence-electron chi connectivity index (χ2n) is 5.89. The van der Waals surface area contributed by atoms with E-state index in [4.69, 9.17) is 10.5 Å². The molecule has 0 aliphatic carbocycles. The van der Waals surface area contributed by atoms with Gasteiger partial charge in [-0.15, -0.1) is 0 Å². The van der Waals surface area contributed by atoms with Crippen LogP contribution in [0, 0.1) is 11.7 Å². The molecular formula is C15H23FN4O. The van der Waals surface area contributed by atoms with Gasteiger partial charge in [-0.3, -0.25) is 0 Å². The van der Waals surface area contributed by atoms with Crippen LogP contribution in [0.2, 0.25) is 0 Å². The van der Waals surface area contributed by atoms with Crippen LogP contribution in [0.5, 0.6) is 5.75 Å². The molecule has 1 unspecified atom stereocenters. The Kier molecular flexibility index (Phi) is 4.37. The molecule has 1 aromatic carbocycles. The van der Waals surface area contributed by atoms with Crippen LogP contribution in [0.3, 0.4) is 0 Å². The van der Waals surface area contributed by atoms with E-state index in [2.05, 4.69) is 23.7 Å². The molecule has 5 nitrogen and oxygen atoms in total. The number of aromatic nitrogens is 2. The van der Waals surface area contributed by atoms with Crippen molar-refractivity contribution >= 4 is 17.0 Å². The highest BCUT2D eigenvalue weighted by Gasteiger charge is 2.23. The molecule has 0 radical (unpaired) electrons. The molecular weight excluding hydrogens is 271 g/mol. The fourth-order valence-electron chi connectivity index (χ4n) is 2.59. The van der Waals surface area contributed by atoms with Gasteiger partial charge in [0.1, 0.15) is 0 Å². The molecule has 1 aromatic heterocycles. The van der Waals surface area contributed by atoms with E-state index in [1.54, 1.807) is 6.07 Å². The number of ether oxygens (including phenoxy) is 1. The summed E-state index contributed by atoms with van der Waals surface area (Å²) < 4.78 is 20.9. The van der Waals surface area contributed by atoms with Crippen molar-refractivity contribution in [2.45, 2.75) is 19.9 Å². The second kappa shape index (κ2) is 5.89. The molecule has 0 aliphatic heterocycles. The lowest BCUT2D eigenvalue weighted by atomic mass is 10.0. The van der Waals surface area contributed by atoms with E-state index in [9.17, 15) is 4.39 Å². The number of halogens is 1. The summed E-state index contributed by atoms with van der Waals surface area (Å²) in [4.78, 5) is 6.39. The van der Waals surface area contributed by atoms with Crippen LogP contribution in [-0.2, 0) is 0 Å². The van der Waals surface area contributed by atoms with E-state index in [1.807, 2.05) is 18.7 Å². The minimum atomic E-state index is -0.427. The summed E-state index contributed by atoms with van der Waals surface area (Å²) >= 11 is 0. The Morgan fingerprint density at radius 2 is 2.05 bits per heavy atom. The Morgan fingerprint density at radius 1 is 1.38 bits per heavy atom. The topological polar surface area (TPSA) is 56.3 Å². The molecule has 116 valence electrons. The van der Waals surface area contributed by atoms with E-state index in [-0.39, 0.29) is 11.8 Å². The van der Waals surface area contributed by atoms with Gasteiger partial charge in [0.2, 0.25) is 5.95 Å². The van der Waals surface area contributed by atoms with Gasteiger partial charge < -0.3 is 19.9 Å². The molecule has 6 heteroatoms. The molecule has 0 bridgehead atoms. The summed E-state index contributed by atoms with van der Waals surface area (Å²) in [7, 11) is 5.49. The van der Waals surface area contributed by atoms with Gasteiger partial charge in [-0.1, -0.05) is 13.8 Å². The molecule has 2 aromatic rings. The number of nitrogens with two attached hydrogens (primary N) is 1. The Hall–Kier alpha value is -1.82. The number of likely N-dealkylation sites (N-methyl/N-ethyl adjacent to an activating group) is 1. The lowest BCUT2D eigenvalue weighted by Crippen LogP contribution is -2.28. The average molecular weight is 294 g/mol. The van der Waals surface area contributed by atoms with Crippen molar-refractivity contribution in [2.75, 3.05) is 33.5 Å². The molecule has 1 atom stereocenters. The lowest BCUT2D eigenvalue weighted by Gasteiger charge is -2.27. The zero-order valence-corrected chi connectivity index (χ0v) is 13.2. The maximum Gasteiger partial charge on any atom is 0.201 e. The SMILES string of the molecule is COc1cc2c(cc1F)nc(N)n2C(CN(C)C)C(C)C. The second-order valence-corrected chi connectivity index (χ2v) is 5.89. The molecule has 0 saturated heterocycles. The minimum absolute atomic E-state index is 0.153. The van der Waals surface area contributed by atoms with E-state index in [0.717, 1.165) is 12.1 Å². The van der Waals surface area contributed by atoms with Crippen LogP contribution in [0.4, 0.5) is 10.3 Å². The van der Waals surface area contributed by atoms with Gasteiger partial charge in [-0.25, -0.2) is 9.37 Å². The van der Waals surface area contributed by atoms with Gasteiger partial charge in [0.05, 0.1) is 24.2 Å². The first-order valence-electron chi connectivity index (χ1n) is 7.00. The van der Waals surface area contributed by atoms with Gasteiger partial charge in [-0.05, 0) is 20.0 Å². The highest BCUT2D eigenvalue weighted by molar-refractivity contribution is 5.80. The van der Waals surface area contributed by atoms with Crippen molar-refractivity contribution in [3.8, 4) is 5.75 Å². The molecule has 0 saturated carbocycles. The quantitative estimate of drug-likeness (QED) is 0.920. The molecule has 2 N–H and O–H groups in total. The van der Waals surface area contributed by atoms with E-state index in [0.29, 0.717) is 17.4 Å². The maximum absolute atomic E-state index is 13.8. The largest absolute Gasteiger partial charge is 0.494 e. The third-order valence-electron chi connectivity index (χ3n) is 3.64. The van der Waals surface area contributed by atoms with Gasteiger partial charge in [-0.2, -0.15) is 0 Å². The van der Waals surface area contributed by atoms with Crippen molar-refractivity contribution in [1.29, 1.82) is 0 Å². The summed E-state index contributed by atoms with van der Waals surface area (Å²) in [5, 5.41) is 0. The van der Waals surface area contributed by atoms with Gasteiger partial charge in [0.15, 0.2) is 11.6 Å². The van der Waals surface area contributed by atoms with Crippen LogP contribution in [0.1, 0.15) is 19.9 Å². The summed E-state index contributed by atoms with van der Waals surface area (Å²) in [5.41, 5.74) is 7.43. The Labute approximate surface area is 124 Å². The fraction of sp³-hybridized carbons (Fsp3) is 0.533. The van der Waals surface area contributed by atoms with E-state index < -0.39 is 5.82 Å². The number of nitrogen functional groups attached to an aromatic ring is 1. The molecule has 2 rings (SSSR count). The van der Waals surface area contributed by atoms with Crippen molar-refractivity contribution in [3.63, 3.8) is 0 Å². The summed E-state index contributed by atoms with van der Waals surface area (Å²) in [6.07, 6.45) is 0. The summed E-state index contributed by atoms with van der Waals surface area (Å²) in [5.74, 6) is 0.542. The molecule has 1 heterocycles.